The van der Waals surface area contributed by atoms with Gasteiger partial charge in [0.1, 0.15) is 6.54 Å². The van der Waals surface area contributed by atoms with Gasteiger partial charge in [0.25, 0.3) is 20.0 Å². The van der Waals surface area contributed by atoms with E-state index in [4.69, 9.17) is 0 Å². The Balaban J connectivity index is 1.54. The molecule has 0 radical (unpaired) electrons. The third-order valence-electron chi connectivity index (χ3n) is 6.16. The first-order chi connectivity index (χ1) is 18.9. The van der Waals surface area contributed by atoms with Gasteiger partial charge in [-0.25, -0.2) is 16.8 Å². The van der Waals surface area contributed by atoms with Crippen LogP contribution in [0.5, 0.6) is 0 Å². The van der Waals surface area contributed by atoms with Crippen molar-refractivity contribution in [2.45, 2.75) is 30.6 Å². The van der Waals surface area contributed by atoms with Crippen LogP contribution in [0.3, 0.4) is 0 Å². The highest BCUT2D eigenvalue weighted by Crippen LogP contribution is 2.27. The van der Waals surface area contributed by atoms with Crippen LogP contribution in [0, 0.1) is 20.8 Å². The first kappa shape index (κ1) is 29.3. The quantitative estimate of drug-likeness (QED) is 0.232. The number of aryl methyl sites for hydroxylation is 3. The summed E-state index contributed by atoms with van der Waals surface area (Å²) in [6.45, 7) is 4.99. The van der Waals surface area contributed by atoms with Crippen molar-refractivity contribution in [3.05, 3.63) is 112 Å². The highest BCUT2D eigenvalue weighted by atomic mass is 79.9. The van der Waals surface area contributed by atoms with E-state index in [0.717, 1.165) is 21.0 Å². The summed E-state index contributed by atoms with van der Waals surface area (Å²) in [5.41, 5.74) is 3.64. The maximum Gasteiger partial charge on any atom is 0.264 e. The lowest BCUT2D eigenvalue weighted by Gasteiger charge is -2.24. The number of anilines is 3. The number of carbonyl (C=O) groups excluding carboxylic acids is 1. The van der Waals surface area contributed by atoms with E-state index >= 15 is 0 Å². The summed E-state index contributed by atoms with van der Waals surface area (Å²) in [4.78, 5) is 13.1. The number of carbonyl (C=O) groups is 1. The van der Waals surface area contributed by atoms with Crippen LogP contribution >= 0.6 is 15.9 Å². The highest BCUT2D eigenvalue weighted by molar-refractivity contribution is 9.10. The first-order valence-electron chi connectivity index (χ1n) is 12.2. The highest BCUT2D eigenvalue weighted by Gasteiger charge is 2.27. The molecule has 4 aromatic carbocycles. The minimum absolute atomic E-state index is 0.0193. The van der Waals surface area contributed by atoms with E-state index in [9.17, 15) is 21.6 Å². The standard InChI is InChI=1S/C29H28BrN3O5S2/c1-20-10-14-27(15-11-20)40(37,38)33(25-9-5-8-23(30)18-25)19-28(34)31-24-12-16-26(17-13-24)39(35,36)32-29-21(2)6-4-7-22(29)3/h4-18,32H,19H2,1-3H3,(H,31,34). The molecule has 0 aliphatic rings. The fourth-order valence-corrected chi connectivity index (χ4v) is 7.00. The lowest BCUT2D eigenvalue weighted by molar-refractivity contribution is -0.114. The van der Waals surface area contributed by atoms with E-state index < -0.39 is 32.5 Å². The number of sulfonamides is 2. The van der Waals surface area contributed by atoms with Gasteiger partial charge in [-0.3, -0.25) is 13.8 Å². The van der Waals surface area contributed by atoms with E-state index in [0.29, 0.717) is 21.5 Å². The van der Waals surface area contributed by atoms with Crippen molar-refractivity contribution >= 4 is 58.9 Å². The number of amides is 1. The molecule has 2 N–H and O–H groups in total. The van der Waals surface area contributed by atoms with Gasteiger partial charge in [0, 0.05) is 10.2 Å². The molecular weight excluding hydrogens is 614 g/mol. The molecule has 0 aliphatic carbocycles. The van der Waals surface area contributed by atoms with Crippen LogP contribution in [-0.2, 0) is 24.8 Å². The van der Waals surface area contributed by atoms with Gasteiger partial charge in [-0.1, -0.05) is 57.9 Å². The Morgan fingerprint density at radius 3 is 1.95 bits per heavy atom. The number of benzene rings is 4. The molecule has 0 aliphatic heterocycles. The van der Waals surface area contributed by atoms with Crippen molar-refractivity contribution in [1.29, 1.82) is 0 Å². The molecule has 0 atom stereocenters. The van der Waals surface area contributed by atoms with Gasteiger partial charge in [-0.05, 0) is 86.5 Å². The van der Waals surface area contributed by atoms with Gasteiger partial charge in [0.2, 0.25) is 5.91 Å². The molecule has 0 unspecified atom stereocenters. The number of nitrogens with one attached hydrogen (secondary N) is 2. The average Bonchev–Trinajstić information content (AvgIpc) is 2.90. The van der Waals surface area contributed by atoms with Gasteiger partial charge in [0.15, 0.2) is 0 Å². The first-order valence-corrected chi connectivity index (χ1v) is 15.9. The van der Waals surface area contributed by atoms with Gasteiger partial charge in [0.05, 0.1) is 21.2 Å². The van der Waals surface area contributed by atoms with E-state index in [-0.39, 0.29) is 9.79 Å². The predicted molar refractivity (Wildman–Crippen MR) is 162 cm³/mol. The second-order valence-electron chi connectivity index (χ2n) is 9.25. The van der Waals surface area contributed by atoms with Crippen molar-refractivity contribution in [3.8, 4) is 0 Å². The SMILES string of the molecule is Cc1ccc(S(=O)(=O)N(CC(=O)Nc2ccc(S(=O)(=O)Nc3c(C)cccc3C)cc2)c2cccc(Br)c2)cc1. The number of hydrogen-bond donors (Lipinski definition) is 2. The third kappa shape index (κ3) is 6.72. The molecular formula is C29H28BrN3O5S2. The largest absolute Gasteiger partial charge is 0.325 e. The summed E-state index contributed by atoms with van der Waals surface area (Å²) >= 11 is 3.36. The summed E-state index contributed by atoms with van der Waals surface area (Å²) in [6.07, 6.45) is 0. The molecule has 4 aromatic rings. The van der Waals surface area contributed by atoms with Crippen LogP contribution in [-0.4, -0.2) is 29.3 Å². The van der Waals surface area contributed by atoms with Crippen LogP contribution in [0.4, 0.5) is 17.1 Å². The number of nitrogens with zero attached hydrogens (tertiary/aromatic N) is 1. The Hall–Kier alpha value is -3.67. The number of para-hydroxylation sites is 1. The second-order valence-corrected chi connectivity index (χ2v) is 13.7. The number of rotatable bonds is 9. The van der Waals surface area contributed by atoms with E-state index in [1.165, 1.54) is 36.4 Å². The summed E-state index contributed by atoms with van der Waals surface area (Å²) in [7, 11) is -7.94. The Morgan fingerprint density at radius 1 is 0.775 bits per heavy atom. The monoisotopic (exact) mass is 641 g/mol. The maximum atomic E-state index is 13.6. The zero-order valence-electron chi connectivity index (χ0n) is 22.1. The molecule has 0 fully saturated rings. The van der Waals surface area contributed by atoms with Crippen molar-refractivity contribution < 1.29 is 21.6 Å². The normalized spacial score (nSPS) is 11.6. The molecule has 0 aromatic heterocycles. The summed E-state index contributed by atoms with van der Waals surface area (Å²) in [5.74, 6) is -0.597. The fraction of sp³-hybridized carbons (Fsp3) is 0.138. The summed E-state index contributed by atoms with van der Waals surface area (Å²) < 4.78 is 57.3. The van der Waals surface area contributed by atoms with Crippen LogP contribution in [0.15, 0.2) is 105 Å². The van der Waals surface area contributed by atoms with E-state index in [2.05, 4.69) is 26.0 Å². The molecule has 0 bridgehead atoms. The van der Waals surface area contributed by atoms with Gasteiger partial charge in [-0.15, -0.1) is 0 Å². The molecule has 0 heterocycles. The summed E-state index contributed by atoms with van der Waals surface area (Å²) in [5, 5.41) is 2.66. The predicted octanol–water partition coefficient (Wildman–Crippen LogP) is 6.01. The lowest BCUT2D eigenvalue weighted by atomic mass is 10.1. The third-order valence-corrected chi connectivity index (χ3v) is 9.81. The maximum absolute atomic E-state index is 13.6. The van der Waals surface area contributed by atoms with Crippen LogP contribution in [0.25, 0.3) is 0 Å². The molecule has 11 heteroatoms. The Labute approximate surface area is 243 Å². The van der Waals surface area contributed by atoms with Crippen LogP contribution in [0.1, 0.15) is 16.7 Å². The van der Waals surface area contributed by atoms with E-state index in [1.807, 2.05) is 39.0 Å². The van der Waals surface area contributed by atoms with Crippen molar-refractivity contribution in [1.82, 2.24) is 0 Å². The minimum atomic E-state index is -4.07. The second kappa shape index (κ2) is 11.8. The summed E-state index contributed by atoms with van der Waals surface area (Å²) in [6, 6.07) is 24.2. The van der Waals surface area contributed by atoms with Crippen molar-refractivity contribution in [3.63, 3.8) is 0 Å². The lowest BCUT2D eigenvalue weighted by Crippen LogP contribution is -2.38. The number of halogens is 1. The molecule has 1 amide bonds. The molecule has 4 rings (SSSR count). The Bertz CT molecular complexity index is 1740. The molecule has 0 spiro atoms. The van der Waals surface area contributed by atoms with Gasteiger partial charge < -0.3 is 5.32 Å². The molecule has 8 nitrogen and oxygen atoms in total. The Morgan fingerprint density at radius 2 is 1.35 bits per heavy atom. The zero-order chi connectivity index (χ0) is 29.1. The molecule has 208 valence electrons. The topological polar surface area (TPSA) is 113 Å². The van der Waals surface area contributed by atoms with Crippen LogP contribution < -0.4 is 14.3 Å². The average molecular weight is 643 g/mol. The number of hydrogen-bond acceptors (Lipinski definition) is 5. The van der Waals surface area contributed by atoms with Crippen molar-refractivity contribution in [2.75, 3.05) is 20.9 Å². The Kier molecular flexibility index (Phi) is 8.67. The van der Waals surface area contributed by atoms with Crippen LogP contribution in [0.2, 0.25) is 0 Å². The van der Waals surface area contributed by atoms with Gasteiger partial charge >= 0.3 is 0 Å². The zero-order valence-corrected chi connectivity index (χ0v) is 25.3. The van der Waals surface area contributed by atoms with Crippen molar-refractivity contribution in [2.24, 2.45) is 0 Å². The smallest absolute Gasteiger partial charge is 0.264 e. The molecule has 40 heavy (non-hydrogen) atoms. The van der Waals surface area contributed by atoms with Gasteiger partial charge in [-0.2, -0.15) is 0 Å². The molecule has 0 saturated carbocycles. The molecule has 0 saturated heterocycles. The fourth-order valence-electron chi connectivity index (χ4n) is 4.00. The van der Waals surface area contributed by atoms with E-state index in [1.54, 1.807) is 36.4 Å². The minimum Gasteiger partial charge on any atom is -0.325 e.